The van der Waals surface area contributed by atoms with Crippen LogP contribution in [0.15, 0.2) is 18.2 Å². The Bertz CT molecular complexity index is 484. The van der Waals surface area contributed by atoms with Gasteiger partial charge in [-0.25, -0.2) is 0 Å². The van der Waals surface area contributed by atoms with Crippen molar-refractivity contribution in [2.45, 2.75) is 26.3 Å². The summed E-state index contributed by atoms with van der Waals surface area (Å²) in [6, 6.07) is 5.64. The molecule has 0 aromatic heterocycles. The Kier molecular flexibility index (Phi) is 3.66. The van der Waals surface area contributed by atoms with E-state index in [1.807, 2.05) is 39.1 Å². The lowest BCUT2D eigenvalue weighted by atomic mass is 9.78. The molecule has 104 valence electrons. The summed E-state index contributed by atoms with van der Waals surface area (Å²) in [6.07, 6.45) is 0.0902. The Hall–Kier alpha value is -1.75. The van der Waals surface area contributed by atoms with Crippen LogP contribution >= 0.6 is 0 Å². The molecule has 0 saturated carbocycles. The molecule has 0 saturated heterocycles. The quantitative estimate of drug-likeness (QED) is 0.854. The summed E-state index contributed by atoms with van der Waals surface area (Å²) in [5.74, 6) is 0.643. The molecule has 5 nitrogen and oxygen atoms in total. The molecule has 1 aliphatic rings. The first-order valence-corrected chi connectivity index (χ1v) is 6.22. The van der Waals surface area contributed by atoms with E-state index in [4.69, 9.17) is 14.6 Å². The van der Waals surface area contributed by atoms with Crippen LogP contribution in [0.25, 0.3) is 0 Å². The van der Waals surface area contributed by atoms with Crippen LogP contribution in [0.2, 0.25) is 0 Å². The molecule has 2 N–H and O–H groups in total. The monoisotopic (exact) mass is 265 g/mol. The Balaban J connectivity index is 2.29. The Labute approximate surface area is 112 Å². The second kappa shape index (κ2) is 5.09. The van der Waals surface area contributed by atoms with E-state index in [2.05, 4.69) is 5.32 Å². The zero-order chi connectivity index (χ0) is 14.0. The van der Waals surface area contributed by atoms with Gasteiger partial charge in [-0.1, -0.05) is 19.9 Å². The maximum atomic E-state index is 11.0. The van der Waals surface area contributed by atoms with Crippen molar-refractivity contribution in [1.82, 2.24) is 5.32 Å². The smallest absolute Gasteiger partial charge is 0.303 e. The van der Waals surface area contributed by atoms with Crippen molar-refractivity contribution in [3.63, 3.8) is 0 Å². The molecule has 0 aliphatic carbocycles. The number of hydrogen-bond donors (Lipinski definition) is 2. The van der Waals surface area contributed by atoms with Crippen LogP contribution in [-0.4, -0.2) is 24.9 Å². The van der Waals surface area contributed by atoms with Crippen molar-refractivity contribution >= 4 is 5.97 Å². The Morgan fingerprint density at radius 1 is 1.42 bits per heavy atom. The van der Waals surface area contributed by atoms with Gasteiger partial charge in [0.2, 0.25) is 6.79 Å². The molecule has 1 heterocycles. The summed E-state index contributed by atoms with van der Waals surface area (Å²) in [5.41, 5.74) is 0.590. The lowest BCUT2D eigenvalue weighted by molar-refractivity contribution is -0.139. The van der Waals surface area contributed by atoms with Crippen molar-refractivity contribution in [2.24, 2.45) is 5.41 Å². The fourth-order valence-electron chi connectivity index (χ4n) is 2.59. The number of aliphatic carboxylic acids is 1. The standard InChI is InChI=1S/C14H19NO4/c1-14(2,7-12(16)17)13(15-3)9-4-5-10-11(6-9)19-8-18-10/h4-6,13,15H,7-8H2,1-3H3,(H,16,17). The first-order valence-electron chi connectivity index (χ1n) is 6.22. The minimum absolute atomic E-state index is 0.0712. The number of carboxylic acid groups (broad SMARTS) is 1. The van der Waals surface area contributed by atoms with Gasteiger partial charge in [0, 0.05) is 6.04 Å². The van der Waals surface area contributed by atoms with Gasteiger partial charge in [0.05, 0.1) is 6.42 Å². The highest BCUT2D eigenvalue weighted by molar-refractivity contribution is 5.67. The molecule has 1 unspecified atom stereocenters. The van der Waals surface area contributed by atoms with Gasteiger partial charge < -0.3 is 19.9 Å². The maximum Gasteiger partial charge on any atom is 0.303 e. The summed E-state index contributed by atoms with van der Waals surface area (Å²) in [5, 5.41) is 12.2. The highest BCUT2D eigenvalue weighted by Crippen LogP contribution is 2.40. The third-order valence-electron chi connectivity index (χ3n) is 3.41. The van der Waals surface area contributed by atoms with E-state index < -0.39 is 11.4 Å². The largest absolute Gasteiger partial charge is 0.481 e. The first kappa shape index (κ1) is 13.7. The van der Waals surface area contributed by atoms with E-state index in [-0.39, 0.29) is 19.3 Å². The van der Waals surface area contributed by atoms with Gasteiger partial charge in [-0.05, 0) is 30.2 Å². The number of ether oxygens (including phenoxy) is 2. The Morgan fingerprint density at radius 2 is 2.11 bits per heavy atom. The SMILES string of the molecule is CNC(c1ccc2c(c1)OCO2)C(C)(C)CC(=O)O. The van der Waals surface area contributed by atoms with Gasteiger partial charge in [0.25, 0.3) is 0 Å². The molecule has 2 rings (SSSR count). The van der Waals surface area contributed by atoms with Crippen LogP contribution in [0.3, 0.4) is 0 Å². The van der Waals surface area contributed by atoms with Gasteiger partial charge >= 0.3 is 5.97 Å². The molecule has 1 aromatic carbocycles. The van der Waals surface area contributed by atoms with Crippen LogP contribution in [0, 0.1) is 5.41 Å². The van der Waals surface area contributed by atoms with Crippen molar-refractivity contribution < 1.29 is 19.4 Å². The molecule has 0 radical (unpaired) electrons. The molecule has 5 heteroatoms. The van der Waals surface area contributed by atoms with E-state index in [1.165, 1.54) is 0 Å². The van der Waals surface area contributed by atoms with Crippen LogP contribution in [0.5, 0.6) is 11.5 Å². The van der Waals surface area contributed by atoms with E-state index >= 15 is 0 Å². The van der Waals surface area contributed by atoms with Crippen molar-refractivity contribution in [3.8, 4) is 11.5 Å². The number of carboxylic acids is 1. The Morgan fingerprint density at radius 3 is 2.74 bits per heavy atom. The summed E-state index contributed by atoms with van der Waals surface area (Å²) in [6.45, 7) is 4.11. The van der Waals surface area contributed by atoms with E-state index in [1.54, 1.807) is 0 Å². The zero-order valence-electron chi connectivity index (χ0n) is 11.4. The molecule has 19 heavy (non-hydrogen) atoms. The zero-order valence-corrected chi connectivity index (χ0v) is 11.4. The van der Waals surface area contributed by atoms with Crippen LogP contribution in [0.4, 0.5) is 0 Å². The lowest BCUT2D eigenvalue weighted by Crippen LogP contribution is -2.33. The third kappa shape index (κ3) is 2.81. The fraction of sp³-hybridized carbons (Fsp3) is 0.500. The maximum absolute atomic E-state index is 11.0. The van der Waals surface area contributed by atoms with E-state index in [0.717, 1.165) is 11.3 Å². The molecule has 0 spiro atoms. The number of carbonyl (C=O) groups is 1. The van der Waals surface area contributed by atoms with Gasteiger partial charge in [-0.3, -0.25) is 4.79 Å². The van der Waals surface area contributed by atoms with Crippen LogP contribution in [-0.2, 0) is 4.79 Å². The molecule has 0 bridgehead atoms. The molecular formula is C14H19NO4. The van der Waals surface area contributed by atoms with Crippen LogP contribution < -0.4 is 14.8 Å². The minimum atomic E-state index is -0.800. The highest BCUT2D eigenvalue weighted by Gasteiger charge is 2.33. The molecule has 0 fully saturated rings. The molecule has 0 amide bonds. The number of nitrogens with one attached hydrogen (secondary N) is 1. The topological polar surface area (TPSA) is 67.8 Å². The number of hydrogen-bond acceptors (Lipinski definition) is 4. The summed E-state index contributed by atoms with van der Waals surface area (Å²) >= 11 is 0. The van der Waals surface area contributed by atoms with Crippen molar-refractivity contribution in [3.05, 3.63) is 23.8 Å². The predicted molar refractivity (Wildman–Crippen MR) is 70.4 cm³/mol. The second-order valence-corrected chi connectivity index (χ2v) is 5.39. The molecule has 1 aliphatic heterocycles. The highest BCUT2D eigenvalue weighted by atomic mass is 16.7. The van der Waals surface area contributed by atoms with Gasteiger partial charge in [0.1, 0.15) is 0 Å². The van der Waals surface area contributed by atoms with E-state index in [9.17, 15) is 4.79 Å². The minimum Gasteiger partial charge on any atom is -0.481 e. The van der Waals surface area contributed by atoms with Gasteiger partial charge in [-0.15, -0.1) is 0 Å². The number of benzene rings is 1. The van der Waals surface area contributed by atoms with Crippen LogP contribution in [0.1, 0.15) is 31.9 Å². The molecule has 1 aromatic rings. The van der Waals surface area contributed by atoms with Crippen molar-refractivity contribution in [2.75, 3.05) is 13.8 Å². The van der Waals surface area contributed by atoms with E-state index in [0.29, 0.717) is 5.75 Å². The summed E-state index contributed by atoms with van der Waals surface area (Å²) < 4.78 is 10.6. The summed E-state index contributed by atoms with van der Waals surface area (Å²) in [4.78, 5) is 11.0. The number of rotatable bonds is 5. The van der Waals surface area contributed by atoms with Gasteiger partial charge in [0.15, 0.2) is 11.5 Å². The first-order chi connectivity index (χ1) is 8.94. The predicted octanol–water partition coefficient (Wildman–Crippen LogP) is 2.18. The lowest BCUT2D eigenvalue weighted by Gasteiger charge is -2.33. The fourth-order valence-corrected chi connectivity index (χ4v) is 2.59. The molecule has 1 atom stereocenters. The van der Waals surface area contributed by atoms with Crippen molar-refractivity contribution in [1.29, 1.82) is 0 Å². The van der Waals surface area contributed by atoms with Gasteiger partial charge in [-0.2, -0.15) is 0 Å². The average molecular weight is 265 g/mol. The second-order valence-electron chi connectivity index (χ2n) is 5.39. The summed E-state index contributed by atoms with van der Waals surface area (Å²) in [7, 11) is 1.83. The average Bonchev–Trinajstić information content (AvgIpc) is 2.74. The third-order valence-corrected chi connectivity index (χ3v) is 3.41. The normalized spacial score (nSPS) is 15.3. The number of fused-ring (bicyclic) bond motifs is 1. The molecular weight excluding hydrogens is 246 g/mol.